The first-order valence-electron chi connectivity index (χ1n) is 4.92. The van der Waals surface area contributed by atoms with Gasteiger partial charge in [0.1, 0.15) is 0 Å². The third-order valence-corrected chi connectivity index (χ3v) is 2.95. The number of rotatable bonds is 4. The van der Waals surface area contributed by atoms with Gasteiger partial charge in [-0.2, -0.15) is 5.26 Å². The Morgan fingerprint density at radius 1 is 1.38 bits per heavy atom. The van der Waals surface area contributed by atoms with E-state index in [4.69, 9.17) is 5.26 Å². The molecule has 0 fully saturated rings. The molecule has 0 aliphatic heterocycles. The van der Waals surface area contributed by atoms with Crippen LogP contribution in [-0.4, -0.2) is 10.7 Å². The van der Waals surface area contributed by atoms with E-state index in [0.29, 0.717) is 18.8 Å². The highest BCUT2D eigenvalue weighted by molar-refractivity contribution is 5.06. The van der Waals surface area contributed by atoms with Gasteiger partial charge in [-0.25, -0.2) is 0 Å². The Hall–Kier alpha value is -0.550. The third kappa shape index (κ3) is 2.70. The number of nitriles is 1. The van der Waals surface area contributed by atoms with Gasteiger partial charge in [-0.1, -0.05) is 20.8 Å². The van der Waals surface area contributed by atoms with Gasteiger partial charge < -0.3 is 5.11 Å². The van der Waals surface area contributed by atoms with E-state index in [2.05, 4.69) is 19.9 Å². The van der Waals surface area contributed by atoms with Gasteiger partial charge in [0.25, 0.3) is 0 Å². The van der Waals surface area contributed by atoms with Crippen LogP contribution in [0.1, 0.15) is 47.5 Å². The molecular weight excluding hydrogens is 162 g/mol. The zero-order valence-electron chi connectivity index (χ0n) is 9.39. The molecule has 0 spiro atoms. The lowest BCUT2D eigenvalue weighted by molar-refractivity contribution is -0.0482. The molecule has 0 saturated carbocycles. The predicted octanol–water partition coefficient (Wildman–Crippen LogP) is 2.72. The van der Waals surface area contributed by atoms with E-state index in [-0.39, 0.29) is 0 Å². The first-order chi connectivity index (χ1) is 5.79. The highest BCUT2D eigenvalue weighted by atomic mass is 16.3. The van der Waals surface area contributed by atoms with Crippen LogP contribution >= 0.6 is 0 Å². The SMILES string of the molecule is CCC(C)(C#N)C(C)(O)CC(C)C. The smallest absolute Gasteiger partial charge is 0.0827 e. The second-order valence-electron chi connectivity index (χ2n) is 4.67. The molecule has 0 rings (SSSR count). The molecule has 0 aliphatic carbocycles. The number of hydrogen-bond acceptors (Lipinski definition) is 2. The first-order valence-corrected chi connectivity index (χ1v) is 4.92. The van der Waals surface area contributed by atoms with Crippen molar-refractivity contribution >= 4 is 0 Å². The molecule has 76 valence electrons. The number of aliphatic hydroxyl groups is 1. The monoisotopic (exact) mass is 183 g/mol. The molecule has 2 atom stereocenters. The molecule has 1 N–H and O–H groups in total. The fourth-order valence-electron chi connectivity index (χ4n) is 1.60. The summed E-state index contributed by atoms with van der Waals surface area (Å²) in [6.07, 6.45) is 1.36. The molecular formula is C11H21NO. The lowest BCUT2D eigenvalue weighted by Gasteiger charge is -2.38. The molecule has 0 amide bonds. The highest BCUT2D eigenvalue weighted by Gasteiger charge is 2.42. The standard InChI is InChI=1S/C11H21NO/c1-6-10(4,8-12)11(5,13)7-9(2)3/h9,13H,6-7H2,1-5H3. The van der Waals surface area contributed by atoms with Gasteiger partial charge in [0.05, 0.1) is 17.1 Å². The van der Waals surface area contributed by atoms with Gasteiger partial charge in [0, 0.05) is 0 Å². The van der Waals surface area contributed by atoms with Crippen LogP contribution in [0.3, 0.4) is 0 Å². The number of nitrogens with zero attached hydrogens (tertiary/aromatic N) is 1. The van der Waals surface area contributed by atoms with Gasteiger partial charge in [0.15, 0.2) is 0 Å². The normalized spacial score (nSPS) is 20.5. The van der Waals surface area contributed by atoms with Crippen molar-refractivity contribution in [3.63, 3.8) is 0 Å². The molecule has 0 aliphatic rings. The summed E-state index contributed by atoms with van der Waals surface area (Å²) in [5.74, 6) is 0.411. The Morgan fingerprint density at radius 2 is 1.85 bits per heavy atom. The maximum atomic E-state index is 10.2. The molecule has 0 saturated heterocycles. The molecule has 0 aromatic carbocycles. The van der Waals surface area contributed by atoms with Crippen molar-refractivity contribution in [3.05, 3.63) is 0 Å². The number of hydrogen-bond donors (Lipinski definition) is 1. The van der Waals surface area contributed by atoms with E-state index in [0.717, 1.165) is 0 Å². The van der Waals surface area contributed by atoms with Crippen molar-refractivity contribution in [2.45, 2.75) is 53.1 Å². The van der Waals surface area contributed by atoms with E-state index in [1.165, 1.54) is 0 Å². The lowest BCUT2D eigenvalue weighted by Crippen LogP contribution is -2.43. The maximum absolute atomic E-state index is 10.2. The average molecular weight is 183 g/mol. The molecule has 0 bridgehead atoms. The molecule has 2 heteroatoms. The lowest BCUT2D eigenvalue weighted by atomic mass is 9.70. The average Bonchev–Trinajstić information content (AvgIpc) is 2.00. The summed E-state index contributed by atoms with van der Waals surface area (Å²) in [4.78, 5) is 0. The van der Waals surface area contributed by atoms with Gasteiger partial charge in [-0.05, 0) is 32.6 Å². The van der Waals surface area contributed by atoms with Gasteiger partial charge in [0.2, 0.25) is 0 Å². The zero-order valence-corrected chi connectivity index (χ0v) is 9.39. The summed E-state index contributed by atoms with van der Waals surface area (Å²) >= 11 is 0. The molecule has 2 unspecified atom stereocenters. The molecule has 0 aromatic heterocycles. The summed E-state index contributed by atoms with van der Waals surface area (Å²) in [5, 5.41) is 19.2. The van der Waals surface area contributed by atoms with Gasteiger partial charge in [-0.3, -0.25) is 0 Å². The first kappa shape index (κ1) is 12.4. The van der Waals surface area contributed by atoms with Crippen LogP contribution in [-0.2, 0) is 0 Å². The van der Waals surface area contributed by atoms with Crippen molar-refractivity contribution in [2.24, 2.45) is 11.3 Å². The Morgan fingerprint density at radius 3 is 2.08 bits per heavy atom. The topological polar surface area (TPSA) is 44.0 Å². The maximum Gasteiger partial charge on any atom is 0.0827 e. The quantitative estimate of drug-likeness (QED) is 0.728. The summed E-state index contributed by atoms with van der Waals surface area (Å²) in [6.45, 7) is 9.65. The van der Waals surface area contributed by atoms with Crippen molar-refractivity contribution in [1.82, 2.24) is 0 Å². The predicted molar refractivity (Wildman–Crippen MR) is 54.1 cm³/mol. The fraction of sp³-hybridized carbons (Fsp3) is 0.909. The van der Waals surface area contributed by atoms with Crippen LogP contribution in [0.2, 0.25) is 0 Å². The Labute approximate surface area is 81.6 Å². The Bertz CT molecular complexity index is 203. The van der Waals surface area contributed by atoms with Crippen molar-refractivity contribution < 1.29 is 5.11 Å². The molecule has 0 heterocycles. The molecule has 0 aromatic rings. The van der Waals surface area contributed by atoms with Gasteiger partial charge >= 0.3 is 0 Å². The summed E-state index contributed by atoms with van der Waals surface area (Å²) in [6, 6.07) is 2.22. The van der Waals surface area contributed by atoms with Crippen LogP contribution in [0.15, 0.2) is 0 Å². The van der Waals surface area contributed by atoms with E-state index >= 15 is 0 Å². The van der Waals surface area contributed by atoms with Crippen LogP contribution in [0.4, 0.5) is 0 Å². The summed E-state index contributed by atoms with van der Waals surface area (Å²) in [5.41, 5.74) is -1.51. The molecule has 2 nitrogen and oxygen atoms in total. The van der Waals surface area contributed by atoms with E-state index in [1.807, 2.05) is 13.8 Å². The highest BCUT2D eigenvalue weighted by Crippen LogP contribution is 2.38. The van der Waals surface area contributed by atoms with E-state index < -0.39 is 11.0 Å². The second kappa shape index (κ2) is 4.11. The van der Waals surface area contributed by atoms with E-state index in [1.54, 1.807) is 6.92 Å². The minimum absolute atomic E-state index is 0.411. The minimum atomic E-state index is -0.884. The Kier molecular flexibility index (Phi) is 3.93. The second-order valence-corrected chi connectivity index (χ2v) is 4.67. The third-order valence-electron chi connectivity index (χ3n) is 2.95. The van der Waals surface area contributed by atoms with Crippen molar-refractivity contribution in [2.75, 3.05) is 0 Å². The fourth-order valence-corrected chi connectivity index (χ4v) is 1.60. The summed E-state index contributed by atoms with van der Waals surface area (Å²) in [7, 11) is 0. The summed E-state index contributed by atoms with van der Waals surface area (Å²) < 4.78 is 0. The van der Waals surface area contributed by atoms with Crippen LogP contribution < -0.4 is 0 Å². The van der Waals surface area contributed by atoms with Crippen LogP contribution in [0.5, 0.6) is 0 Å². The largest absolute Gasteiger partial charge is 0.389 e. The Balaban J connectivity index is 4.70. The van der Waals surface area contributed by atoms with E-state index in [9.17, 15) is 5.11 Å². The van der Waals surface area contributed by atoms with Crippen molar-refractivity contribution in [1.29, 1.82) is 5.26 Å². The van der Waals surface area contributed by atoms with Crippen LogP contribution in [0, 0.1) is 22.7 Å². The van der Waals surface area contributed by atoms with Crippen LogP contribution in [0.25, 0.3) is 0 Å². The molecule has 13 heavy (non-hydrogen) atoms. The minimum Gasteiger partial charge on any atom is -0.389 e. The van der Waals surface area contributed by atoms with Gasteiger partial charge in [-0.15, -0.1) is 0 Å². The molecule has 0 radical (unpaired) electrons. The zero-order chi connectivity index (χ0) is 10.7. The van der Waals surface area contributed by atoms with Crippen molar-refractivity contribution in [3.8, 4) is 6.07 Å².